The molecule has 0 aromatic heterocycles. The van der Waals surface area contributed by atoms with Crippen LogP contribution in [0.2, 0.25) is 0 Å². The first-order chi connectivity index (χ1) is 10.1. The summed E-state index contributed by atoms with van der Waals surface area (Å²) in [4.78, 5) is 2.03. The van der Waals surface area contributed by atoms with Crippen LogP contribution in [0.1, 0.15) is 18.5 Å². The minimum atomic E-state index is -0.808. The molecule has 1 atom stereocenters. The second-order valence-corrected chi connectivity index (χ2v) is 4.97. The van der Waals surface area contributed by atoms with Gasteiger partial charge in [0.1, 0.15) is 0 Å². The average Bonchev–Trinajstić information content (AvgIpc) is 2.50. The Bertz CT molecular complexity index is 572. The lowest BCUT2D eigenvalue weighted by Gasteiger charge is -2.27. The van der Waals surface area contributed by atoms with E-state index in [1.165, 1.54) is 0 Å². The third kappa shape index (κ3) is 3.79. The minimum Gasteiger partial charge on any atom is -0.373 e. The lowest BCUT2D eigenvalue weighted by atomic mass is 10.0. The van der Waals surface area contributed by atoms with Crippen LogP contribution in [0, 0.1) is 11.6 Å². The van der Waals surface area contributed by atoms with Gasteiger partial charge in [-0.1, -0.05) is 37.3 Å². The molecule has 0 radical (unpaired) electrons. The van der Waals surface area contributed by atoms with Crippen molar-refractivity contribution in [3.63, 3.8) is 0 Å². The molecular formula is C17H20F2N2. The number of halogens is 2. The van der Waals surface area contributed by atoms with Crippen molar-refractivity contribution in [2.75, 3.05) is 25.0 Å². The van der Waals surface area contributed by atoms with Crippen LogP contribution in [0.25, 0.3) is 0 Å². The summed E-state index contributed by atoms with van der Waals surface area (Å²) in [7, 11) is 1.94. The lowest BCUT2D eigenvalue weighted by Crippen LogP contribution is -2.33. The van der Waals surface area contributed by atoms with Gasteiger partial charge in [-0.15, -0.1) is 0 Å². The molecule has 1 unspecified atom stereocenters. The van der Waals surface area contributed by atoms with E-state index in [0.29, 0.717) is 18.7 Å². The van der Waals surface area contributed by atoms with Crippen molar-refractivity contribution in [2.24, 2.45) is 0 Å². The van der Waals surface area contributed by atoms with E-state index in [1.54, 1.807) is 12.1 Å². The van der Waals surface area contributed by atoms with Gasteiger partial charge in [0.15, 0.2) is 11.6 Å². The Morgan fingerprint density at radius 2 is 1.76 bits per heavy atom. The maximum absolute atomic E-state index is 14.0. The molecule has 0 amide bonds. The van der Waals surface area contributed by atoms with Gasteiger partial charge in [-0.3, -0.25) is 0 Å². The number of nitrogens with one attached hydrogen (secondary N) is 1. The smallest absolute Gasteiger partial charge is 0.163 e. The fraction of sp³-hybridized carbons (Fsp3) is 0.294. The summed E-state index contributed by atoms with van der Waals surface area (Å²) in [6, 6.07) is 13.9. The second kappa shape index (κ2) is 7.18. The van der Waals surface area contributed by atoms with Gasteiger partial charge in [0, 0.05) is 24.8 Å². The van der Waals surface area contributed by atoms with E-state index in [2.05, 4.69) is 5.32 Å². The van der Waals surface area contributed by atoms with Crippen LogP contribution in [-0.4, -0.2) is 20.1 Å². The molecule has 1 N–H and O–H groups in total. The Morgan fingerprint density at radius 3 is 2.43 bits per heavy atom. The van der Waals surface area contributed by atoms with E-state index in [1.807, 2.05) is 49.2 Å². The number of nitrogens with zero attached hydrogens (tertiary/aromatic N) is 1. The van der Waals surface area contributed by atoms with Gasteiger partial charge < -0.3 is 10.2 Å². The molecule has 0 bridgehead atoms. The SMILES string of the molecule is CCNC(CN(C)c1ccccc1)c1cccc(F)c1F. The van der Waals surface area contributed by atoms with Crippen molar-refractivity contribution in [2.45, 2.75) is 13.0 Å². The molecule has 112 valence electrons. The zero-order chi connectivity index (χ0) is 15.2. The van der Waals surface area contributed by atoms with Crippen LogP contribution in [0.5, 0.6) is 0 Å². The molecular weight excluding hydrogens is 270 g/mol. The minimum absolute atomic E-state index is 0.268. The summed E-state index contributed by atoms with van der Waals surface area (Å²) < 4.78 is 27.4. The highest BCUT2D eigenvalue weighted by molar-refractivity contribution is 5.45. The third-order valence-electron chi connectivity index (χ3n) is 3.46. The Labute approximate surface area is 124 Å². The first-order valence-corrected chi connectivity index (χ1v) is 7.07. The van der Waals surface area contributed by atoms with E-state index in [9.17, 15) is 8.78 Å². The number of rotatable bonds is 6. The second-order valence-electron chi connectivity index (χ2n) is 4.97. The van der Waals surface area contributed by atoms with E-state index >= 15 is 0 Å². The molecule has 0 aliphatic rings. The predicted molar refractivity (Wildman–Crippen MR) is 82.5 cm³/mol. The number of hydrogen-bond acceptors (Lipinski definition) is 2. The first-order valence-electron chi connectivity index (χ1n) is 7.07. The van der Waals surface area contributed by atoms with E-state index < -0.39 is 11.6 Å². The highest BCUT2D eigenvalue weighted by Crippen LogP contribution is 2.22. The largest absolute Gasteiger partial charge is 0.373 e. The summed E-state index contributed by atoms with van der Waals surface area (Å²) in [6.07, 6.45) is 0. The topological polar surface area (TPSA) is 15.3 Å². The first kappa shape index (κ1) is 15.4. The van der Waals surface area contributed by atoms with Crippen molar-refractivity contribution in [3.8, 4) is 0 Å². The number of likely N-dealkylation sites (N-methyl/N-ethyl adjacent to an activating group) is 2. The van der Waals surface area contributed by atoms with Crippen LogP contribution in [0.4, 0.5) is 14.5 Å². The molecule has 0 fully saturated rings. The zero-order valence-corrected chi connectivity index (χ0v) is 12.3. The Kier molecular flexibility index (Phi) is 5.28. The molecule has 2 nitrogen and oxygen atoms in total. The Hall–Kier alpha value is -1.94. The molecule has 0 heterocycles. The van der Waals surface area contributed by atoms with Crippen LogP contribution in [-0.2, 0) is 0 Å². The average molecular weight is 290 g/mol. The fourth-order valence-electron chi connectivity index (χ4n) is 2.37. The molecule has 4 heteroatoms. The molecule has 21 heavy (non-hydrogen) atoms. The van der Waals surface area contributed by atoms with Gasteiger partial charge in [0.25, 0.3) is 0 Å². The molecule has 0 saturated carbocycles. The van der Waals surface area contributed by atoms with Crippen LogP contribution < -0.4 is 10.2 Å². The monoisotopic (exact) mass is 290 g/mol. The third-order valence-corrected chi connectivity index (χ3v) is 3.46. The van der Waals surface area contributed by atoms with Crippen molar-refractivity contribution >= 4 is 5.69 Å². The number of hydrogen-bond donors (Lipinski definition) is 1. The fourth-order valence-corrected chi connectivity index (χ4v) is 2.37. The highest BCUT2D eigenvalue weighted by atomic mass is 19.2. The zero-order valence-electron chi connectivity index (χ0n) is 12.3. The van der Waals surface area contributed by atoms with Gasteiger partial charge >= 0.3 is 0 Å². The predicted octanol–water partition coefficient (Wildman–Crippen LogP) is 3.75. The lowest BCUT2D eigenvalue weighted by molar-refractivity contribution is 0.466. The normalized spacial score (nSPS) is 12.2. The van der Waals surface area contributed by atoms with Gasteiger partial charge in [-0.05, 0) is 24.7 Å². The van der Waals surface area contributed by atoms with Crippen LogP contribution >= 0.6 is 0 Å². The summed E-state index contributed by atoms with van der Waals surface area (Å²) >= 11 is 0. The van der Waals surface area contributed by atoms with Crippen LogP contribution in [0.15, 0.2) is 48.5 Å². The summed E-state index contributed by atoms with van der Waals surface area (Å²) in [6.45, 7) is 3.19. The molecule has 0 aliphatic carbocycles. The summed E-state index contributed by atoms with van der Waals surface area (Å²) in [5.41, 5.74) is 1.40. The molecule has 0 spiro atoms. The molecule has 2 aromatic rings. The quantitative estimate of drug-likeness (QED) is 0.871. The Balaban J connectivity index is 2.21. The van der Waals surface area contributed by atoms with Crippen molar-refractivity contribution in [3.05, 3.63) is 65.7 Å². The molecule has 0 aliphatic heterocycles. The molecule has 2 aromatic carbocycles. The number of para-hydroxylation sites is 1. The van der Waals surface area contributed by atoms with Gasteiger partial charge in [0.2, 0.25) is 0 Å². The summed E-state index contributed by atoms with van der Waals surface area (Å²) in [5.74, 6) is -1.58. The maximum atomic E-state index is 14.0. The molecule has 0 saturated heterocycles. The maximum Gasteiger partial charge on any atom is 0.163 e. The standard InChI is InChI=1S/C17H20F2N2/c1-3-20-16(14-10-7-11-15(18)17(14)19)12-21(2)13-8-5-4-6-9-13/h4-11,16,20H,3,12H2,1-2H3. The Morgan fingerprint density at radius 1 is 1.05 bits per heavy atom. The van der Waals surface area contributed by atoms with Gasteiger partial charge in [-0.2, -0.15) is 0 Å². The van der Waals surface area contributed by atoms with E-state index in [-0.39, 0.29) is 6.04 Å². The van der Waals surface area contributed by atoms with Crippen molar-refractivity contribution in [1.82, 2.24) is 5.32 Å². The number of benzene rings is 2. The summed E-state index contributed by atoms with van der Waals surface area (Å²) in [5, 5.41) is 3.22. The van der Waals surface area contributed by atoms with E-state index in [0.717, 1.165) is 11.8 Å². The van der Waals surface area contributed by atoms with Gasteiger partial charge in [-0.25, -0.2) is 8.78 Å². The number of anilines is 1. The van der Waals surface area contributed by atoms with Crippen molar-refractivity contribution < 1.29 is 8.78 Å². The molecule has 2 rings (SSSR count). The van der Waals surface area contributed by atoms with Gasteiger partial charge in [0.05, 0.1) is 6.04 Å². The van der Waals surface area contributed by atoms with Crippen molar-refractivity contribution in [1.29, 1.82) is 0 Å². The highest BCUT2D eigenvalue weighted by Gasteiger charge is 2.19. The van der Waals surface area contributed by atoms with E-state index in [4.69, 9.17) is 0 Å². The van der Waals surface area contributed by atoms with Crippen LogP contribution in [0.3, 0.4) is 0 Å².